The maximum absolute atomic E-state index is 12.9. The van der Waals surface area contributed by atoms with E-state index in [0.717, 1.165) is 29.6 Å². The zero-order chi connectivity index (χ0) is 22.6. The quantitative estimate of drug-likeness (QED) is 0.431. The molecule has 0 unspecified atom stereocenters. The van der Waals surface area contributed by atoms with Crippen molar-refractivity contribution >= 4 is 28.5 Å². The van der Waals surface area contributed by atoms with E-state index in [1.54, 1.807) is 24.3 Å². The molecule has 1 aliphatic carbocycles. The number of aromatic nitrogens is 2. The second-order valence-electron chi connectivity index (χ2n) is 8.08. The van der Waals surface area contributed by atoms with Gasteiger partial charge in [-0.15, -0.1) is 0 Å². The number of nitrogens with zero attached hydrogens (tertiary/aromatic N) is 2. The Morgan fingerprint density at radius 3 is 2.58 bits per heavy atom. The van der Waals surface area contributed by atoms with Crippen LogP contribution in [0.25, 0.3) is 11.0 Å². The standard InChI is InChI=1S/C26H24N4O3/c31-25(27-20-8-6-7-18(15-20)26(32)28-19-13-14-19)16-30-23-12-5-4-11-22(23)29-24(30)17-33-21-9-2-1-3-10-21/h1-12,15,19H,13-14,16-17H2,(H,27,31)(H,28,32). The van der Waals surface area contributed by atoms with E-state index in [2.05, 4.69) is 15.6 Å². The monoisotopic (exact) mass is 440 g/mol. The Bertz CT molecular complexity index is 1300. The Balaban J connectivity index is 1.32. The molecule has 0 aliphatic heterocycles. The number of para-hydroxylation sites is 3. The zero-order valence-corrected chi connectivity index (χ0v) is 18.0. The highest BCUT2D eigenvalue weighted by Gasteiger charge is 2.24. The lowest BCUT2D eigenvalue weighted by molar-refractivity contribution is -0.116. The average Bonchev–Trinajstić information content (AvgIpc) is 3.59. The summed E-state index contributed by atoms with van der Waals surface area (Å²) in [5.41, 5.74) is 2.77. The summed E-state index contributed by atoms with van der Waals surface area (Å²) in [6.45, 7) is 0.315. The molecule has 0 bridgehead atoms. The van der Waals surface area contributed by atoms with Crippen LogP contribution in [0.3, 0.4) is 0 Å². The van der Waals surface area contributed by atoms with Gasteiger partial charge in [0.2, 0.25) is 5.91 Å². The zero-order valence-electron chi connectivity index (χ0n) is 18.0. The minimum absolute atomic E-state index is 0.0759. The number of carbonyl (C=O) groups excluding carboxylic acids is 2. The molecule has 4 aromatic rings. The van der Waals surface area contributed by atoms with Crippen LogP contribution in [0.1, 0.15) is 29.0 Å². The largest absolute Gasteiger partial charge is 0.486 e. The van der Waals surface area contributed by atoms with Gasteiger partial charge in [-0.3, -0.25) is 9.59 Å². The molecule has 7 nitrogen and oxygen atoms in total. The van der Waals surface area contributed by atoms with Gasteiger partial charge in [0, 0.05) is 17.3 Å². The molecule has 2 N–H and O–H groups in total. The number of hydrogen-bond donors (Lipinski definition) is 2. The molecule has 33 heavy (non-hydrogen) atoms. The van der Waals surface area contributed by atoms with E-state index in [9.17, 15) is 9.59 Å². The Morgan fingerprint density at radius 2 is 1.76 bits per heavy atom. The van der Waals surface area contributed by atoms with Crippen LogP contribution < -0.4 is 15.4 Å². The predicted molar refractivity (Wildman–Crippen MR) is 126 cm³/mol. The van der Waals surface area contributed by atoms with Gasteiger partial charge in [-0.05, 0) is 55.3 Å². The first-order chi connectivity index (χ1) is 16.2. The first-order valence-corrected chi connectivity index (χ1v) is 11.0. The maximum Gasteiger partial charge on any atom is 0.251 e. The molecule has 0 atom stereocenters. The highest BCUT2D eigenvalue weighted by Crippen LogP contribution is 2.21. The highest BCUT2D eigenvalue weighted by atomic mass is 16.5. The average molecular weight is 441 g/mol. The van der Waals surface area contributed by atoms with Crippen molar-refractivity contribution in [2.75, 3.05) is 5.32 Å². The van der Waals surface area contributed by atoms with Crippen LogP contribution >= 0.6 is 0 Å². The molecular weight excluding hydrogens is 416 g/mol. The summed E-state index contributed by atoms with van der Waals surface area (Å²) in [6, 6.07) is 24.5. The Labute approximate surface area is 191 Å². The fourth-order valence-electron chi connectivity index (χ4n) is 3.66. The number of hydrogen-bond acceptors (Lipinski definition) is 4. The normalized spacial score (nSPS) is 13.0. The third-order valence-corrected chi connectivity index (χ3v) is 5.47. The van der Waals surface area contributed by atoms with Crippen LogP contribution in [0.2, 0.25) is 0 Å². The van der Waals surface area contributed by atoms with Crippen molar-refractivity contribution in [2.24, 2.45) is 0 Å². The summed E-state index contributed by atoms with van der Waals surface area (Å²) in [5, 5.41) is 5.87. The van der Waals surface area contributed by atoms with E-state index in [1.807, 2.05) is 59.2 Å². The molecule has 1 heterocycles. The van der Waals surface area contributed by atoms with E-state index in [1.165, 1.54) is 0 Å². The van der Waals surface area contributed by atoms with Crippen molar-refractivity contribution in [1.82, 2.24) is 14.9 Å². The molecule has 7 heteroatoms. The molecule has 5 rings (SSSR count). The first kappa shape index (κ1) is 20.8. The van der Waals surface area contributed by atoms with Gasteiger partial charge in [-0.1, -0.05) is 36.4 Å². The van der Waals surface area contributed by atoms with Gasteiger partial charge in [-0.2, -0.15) is 0 Å². The Hall–Kier alpha value is -4.13. The summed E-state index contributed by atoms with van der Waals surface area (Å²) < 4.78 is 7.74. The molecule has 1 saturated carbocycles. The van der Waals surface area contributed by atoms with Gasteiger partial charge in [0.15, 0.2) is 0 Å². The van der Waals surface area contributed by atoms with Gasteiger partial charge in [0.1, 0.15) is 24.7 Å². The van der Waals surface area contributed by atoms with E-state index >= 15 is 0 Å². The van der Waals surface area contributed by atoms with Crippen molar-refractivity contribution in [2.45, 2.75) is 32.0 Å². The molecule has 0 radical (unpaired) electrons. The van der Waals surface area contributed by atoms with Crippen molar-refractivity contribution < 1.29 is 14.3 Å². The van der Waals surface area contributed by atoms with Crippen LogP contribution in [0, 0.1) is 0 Å². The SMILES string of the molecule is O=C(Cn1c(COc2ccccc2)nc2ccccc21)Nc1cccc(C(=O)NC2CC2)c1. The molecule has 1 aromatic heterocycles. The lowest BCUT2D eigenvalue weighted by Crippen LogP contribution is -2.25. The molecule has 0 saturated heterocycles. The molecule has 3 aromatic carbocycles. The number of amides is 2. The summed E-state index contributed by atoms with van der Waals surface area (Å²) >= 11 is 0. The number of rotatable bonds is 8. The summed E-state index contributed by atoms with van der Waals surface area (Å²) in [4.78, 5) is 29.9. The smallest absolute Gasteiger partial charge is 0.251 e. The van der Waals surface area contributed by atoms with Gasteiger partial charge < -0.3 is 19.9 Å². The van der Waals surface area contributed by atoms with Crippen LogP contribution in [0.15, 0.2) is 78.9 Å². The molecule has 0 spiro atoms. The van der Waals surface area contributed by atoms with E-state index in [4.69, 9.17) is 4.74 Å². The second-order valence-corrected chi connectivity index (χ2v) is 8.08. The molecule has 166 valence electrons. The van der Waals surface area contributed by atoms with E-state index in [-0.39, 0.29) is 31.0 Å². The third-order valence-electron chi connectivity index (χ3n) is 5.47. The summed E-state index contributed by atoms with van der Waals surface area (Å²) in [7, 11) is 0. The number of nitrogens with one attached hydrogen (secondary N) is 2. The lowest BCUT2D eigenvalue weighted by Gasteiger charge is -2.12. The highest BCUT2D eigenvalue weighted by molar-refractivity contribution is 5.97. The Kier molecular flexibility index (Phi) is 5.76. The lowest BCUT2D eigenvalue weighted by atomic mass is 10.2. The topological polar surface area (TPSA) is 85.2 Å². The van der Waals surface area contributed by atoms with Crippen molar-refractivity contribution in [3.63, 3.8) is 0 Å². The third kappa shape index (κ3) is 5.03. The predicted octanol–water partition coefficient (Wildman–Crippen LogP) is 4.15. The minimum Gasteiger partial charge on any atom is -0.486 e. The van der Waals surface area contributed by atoms with Crippen LogP contribution in [0.5, 0.6) is 5.75 Å². The summed E-state index contributed by atoms with van der Waals surface area (Å²) in [6.07, 6.45) is 2.05. The molecule has 2 amide bonds. The Morgan fingerprint density at radius 1 is 0.970 bits per heavy atom. The number of carbonyl (C=O) groups is 2. The van der Waals surface area contributed by atoms with Crippen LogP contribution in [-0.2, 0) is 17.9 Å². The minimum atomic E-state index is -0.209. The van der Waals surface area contributed by atoms with Crippen molar-refractivity contribution in [1.29, 1.82) is 0 Å². The number of fused-ring (bicyclic) bond motifs is 1. The van der Waals surface area contributed by atoms with Gasteiger partial charge in [0.05, 0.1) is 11.0 Å². The van der Waals surface area contributed by atoms with Crippen LogP contribution in [-0.4, -0.2) is 27.4 Å². The summed E-state index contributed by atoms with van der Waals surface area (Å²) in [5.74, 6) is 1.07. The first-order valence-electron chi connectivity index (χ1n) is 11.0. The number of ether oxygens (including phenoxy) is 1. The fourth-order valence-corrected chi connectivity index (χ4v) is 3.66. The number of anilines is 1. The molecule has 1 fully saturated rings. The number of benzene rings is 3. The fraction of sp³-hybridized carbons (Fsp3) is 0.192. The van der Waals surface area contributed by atoms with Gasteiger partial charge in [-0.25, -0.2) is 4.98 Å². The second kappa shape index (κ2) is 9.16. The van der Waals surface area contributed by atoms with Gasteiger partial charge in [0.25, 0.3) is 5.91 Å². The van der Waals surface area contributed by atoms with E-state index < -0.39 is 0 Å². The van der Waals surface area contributed by atoms with Crippen LogP contribution in [0.4, 0.5) is 5.69 Å². The molecular formula is C26H24N4O3. The maximum atomic E-state index is 12.9. The van der Waals surface area contributed by atoms with E-state index in [0.29, 0.717) is 17.1 Å². The number of imidazole rings is 1. The molecule has 1 aliphatic rings. The van der Waals surface area contributed by atoms with Gasteiger partial charge >= 0.3 is 0 Å². The van der Waals surface area contributed by atoms with Crippen molar-refractivity contribution in [3.05, 3.63) is 90.3 Å². The van der Waals surface area contributed by atoms with Crippen molar-refractivity contribution in [3.8, 4) is 5.75 Å².